The SMILES string of the molecule is C=C/C=C/CCn1cc(N)c(C(=O)O)n1. The van der Waals surface area contributed by atoms with Crippen molar-refractivity contribution >= 4 is 11.7 Å². The molecule has 80 valence electrons. The Balaban J connectivity index is 2.63. The van der Waals surface area contributed by atoms with E-state index < -0.39 is 5.97 Å². The van der Waals surface area contributed by atoms with Gasteiger partial charge in [-0.15, -0.1) is 0 Å². The normalized spacial score (nSPS) is 10.7. The van der Waals surface area contributed by atoms with Crippen molar-refractivity contribution in [3.8, 4) is 0 Å². The Labute approximate surface area is 87.5 Å². The first-order valence-corrected chi connectivity index (χ1v) is 4.49. The van der Waals surface area contributed by atoms with E-state index >= 15 is 0 Å². The van der Waals surface area contributed by atoms with Gasteiger partial charge in [-0.05, 0) is 6.42 Å². The molecule has 0 aliphatic rings. The van der Waals surface area contributed by atoms with Crippen LogP contribution < -0.4 is 5.73 Å². The fourth-order valence-corrected chi connectivity index (χ4v) is 1.12. The van der Waals surface area contributed by atoms with Crippen molar-refractivity contribution in [2.45, 2.75) is 13.0 Å². The second-order valence-electron chi connectivity index (χ2n) is 2.95. The summed E-state index contributed by atoms with van der Waals surface area (Å²) in [6.45, 7) is 4.14. The summed E-state index contributed by atoms with van der Waals surface area (Å²) in [6, 6.07) is 0. The highest BCUT2D eigenvalue weighted by Crippen LogP contribution is 2.09. The summed E-state index contributed by atoms with van der Waals surface area (Å²) in [5, 5.41) is 12.5. The van der Waals surface area contributed by atoms with Crippen molar-refractivity contribution in [2.24, 2.45) is 0 Å². The van der Waals surface area contributed by atoms with Gasteiger partial charge in [-0.1, -0.05) is 24.8 Å². The van der Waals surface area contributed by atoms with Gasteiger partial charge < -0.3 is 10.8 Å². The maximum absolute atomic E-state index is 10.6. The molecule has 0 saturated heterocycles. The lowest BCUT2D eigenvalue weighted by molar-refractivity contribution is 0.0690. The smallest absolute Gasteiger partial charge is 0.358 e. The minimum Gasteiger partial charge on any atom is -0.476 e. The number of carboxylic acid groups (broad SMARTS) is 1. The lowest BCUT2D eigenvalue weighted by Gasteiger charge is -1.95. The van der Waals surface area contributed by atoms with Gasteiger partial charge in [-0.25, -0.2) is 4.79 Å². The first-order chi connectivity index (χ1) is 7.15. The minimum atomic E-state index is -1.10. The molecule has 1 heterocycles. The molecule has 0 aromatic carbocycles. The lowest BCUT2D eigenvalue weighted by atomic mass is 10.3. The van der Waals surface area contributed by atoms with E-state index in [9.17, 15) is 4.79 Å². The third-order valence-electron chi connectivity index (χ3n) is 1.79. The number of allylic oxidation sites excluding steroid dienone is 3. The molecule has 0 spiro atoms. The van der Waals surface area contributed by atoms with Crippen molar-refractivity contribution in [3.05, 3.63) is 36.7 Å². The molecule has 0 atom stereocenters. The molecule has 0 aliphatic heterocycles. The molecule has 3 N–H and O–H groups in total. The zero-order valence-electron chi connectivity index (χ0n) is 8.26. The zero-order chi connectivity index (χ0) is 11.3. The van der Waals surface area contributed by atoms with Gasteiger partial charge in [0.05, 0.1) is 5.69 Å². The van der Waals surface area contributed by atoms with Gasteiger partial charge in [0, 0.05) is 12.7 Å². The maximum atomic E-state index is 10.6. The Kier molecular flexibility index (Phi) is 3.68. The van der Waals surface area contributed by atoms with Crippen LogP contribution in [0.25, 0.3) is 0 Å². The quantitative estimate of drug-likeness (QED) is 0.713. The number of aromatic carboxylic acids is 1. The molecular formula is C10H13N3O2. The number of aryl methyl sites for hydroxylation is 1. The van der Waals surface area contributed by atoms with Crippen LogP contribution >= 0.6 is 0 Å². The highest BCUT2D eigenvalue weighted by molar-refractivity contribution is 5.91. The van der Waals surface area contributed by atoms with Gasteiger partial charge in [0.1, 0.15) is 0 Å². The first-order valence-electron chi connectivity index (χ1n) is 4.49. The molecule has 0 aliphatic carbocycles. The molecule has 5 heteroatoms. The lowest BCUT2D eigenvalue weighted by Crippen LogP contribution is -2.03. The number of rotatable bonds is 5. The number of nitrogen functional groups attached to an aromatic ring is 1. The van der Waals surface area contributed by atoms with Crippen molar-refractivity contribution in [1.29, 1.82) is 0 Å². The topological polar surface area (TPSA) is 81.1 Å². The van der Waals surface area contributed by atoms with E-state index in [4.69, 9.17) is 10.8 Å². The number of nitrogens with zero attached hydrogens (tertiary/aromatic N) is 2. The second kappa shape index (κ2) is 4.99. The summed E-state index contributed by atoms with van der Waals surface area (Å²) in [5.74, 6) is -1.10. The van der Waals surface area contributed by atoms with E-state index in [1.807, 2.05) is 12.2 Å². The van der Waals surface area contributed by atoms with Gasteiger partial charge in [0.2, 0.25) is 0 Å². The predicted molar refractivity (Wildman–Crippen MR) is 57.6 cm³/mol. The molecular weight excluding hydrogens is 194 g/mol. The van der Waals surface area contributed by atoms with E-state index in [1.165, 1.54) is 10.9 Å². The van der Waals surface area contributed by atoms with Crippen LogP contribution in [0.5, 0.6) is 0 Å². The summed E-state index contributed by atoms with van der Waals surface area (Å²) < 4.78 is 1.52. The molecule has 5 nitrogen and oxygen atoms in total. The number of carbonyl (C=O) groups is 1. The Morgan fingerprint density at radius 1 is 1.73 bits per heavy atom. The van der Waals surface area contributed by atoms with Gasteiger partial charge >= 0.3 is 5.97 Å². The average molecular weight is 207 g/mol. The van der Waals surface area contributed by atoms with Crippen molar-refractivity contribution in [2.75, 3.05) is 5.73 Å². The molecule has 0 amide bonds. The number of anilines is 1. The summed E-state index contributed by atoms with van der Waals surface area (Å²) in [4.78, 5) is 10.6. The molecule has 0 unspecified atom stereocenters. The van der Waals surface area contributed by atoms with Gasteiger partial charge in [-0.3, -0.25) is 4.68 Å². The van der Waals surface area contributed by atoms with E-state index in [0.717, 1.165) is 6.42 Å². The number of carboxylic acids is 1. The fraction of sp³-hybridized carbons (Fsp3) is 0.200. The van der Waals surface area contributed by atoms with Crippen molar-refractivity contribution in [1.82, 2.24) is 9.78 Å². The highest BCUT2D eigenvalue weighted by atomic mass is 16.4. The molecule has 15 heavy (non-hydrogen) atoms. The minimum absolute atomic E-state index is 0.0947. The molecule has 0 saturated carbocycles. The van der Waals surface area contributed by atoms with Crippen LogP contribution in [0.1, 0.15) is 16.9 Å². The van der Waals surface area contributed by atoms with Gasteiger partial charge in [0.25, 0.3) is 0 Å². The third-order valence-corrected chi connectivity index (χ3v) is 1.79. The van der Waals surface area contributed by atoms with Crippen LogP contribution in [0.4, 0.5) is 5.69 Å². The number of nitrogens with two attached hydrogens (primary N) is 1. The van der Waals surface area contributed by atoms with E-state index in [1.54, 1.807) is 6.08 Å². The van der Waals surface area contributed by atoms with Crippen LogP contribution in [0.15, 0.2) is 31.0 Å². The Bertz CT molecular complexity index is 393. The molecule has 0 radical (unpaired) electrons. The standard InChI is InChI=1S/C10H13N3O2/c1-2-3-4-5-6-13-7-8(11)9(12-13)10(14)15/h2-4,7H,1,5-6,11H2,(H,14,15)/b4-3+. The number of hydrogen-bond acceptors (Lipinski definition) is 3. The Morgan fingerprint density at radius 3 is 3.00 bits per heavy atom. The van der Waals surface area contributed by atoms with Gasteiger partial charge in [0.15, 0.2) is 5.69 Å². The summed E-state index contributed by atoms with van der Waals surface area (Å²) in [6.07, 6.45) is 7.70. The first kappa shape index (κ1) is 11.0. The van der Waals surface area contributed by atoms with Crippen molar-refractivity contribution in [3.63, 3.8) is 0 Å². The van der Waals surface area contributed by atoms with Crippen LogP contribution in [0.2, 0.25) is 0 Å². The van der Waals surface area contributed by atoms with Crippen LogP contribution in [0.3, 0.4) is 0 Å². The Morgan fingerprint density at radius 2 is 2.47 bits per heavy atom. The highest BCUT2D eigenvalue weighted by Gasteiger charge is 2.12. The zero-order valence-corrected chi connectivity index (χ0v) is 8.26. The molecule has 1 aromatic rings. The van der Waals surface area contributed by atoms with E-state index in [0.29, 0.717) is 6.54 Å². The largest absolute Gasteiger partial charge is 0.476 e. The van der Waals surface area contributed by atoms with E-state index in [-0.39, 0.29) is 11.4 Å². The van der Waals surface area contributed by atoms with E-state index in [2.05, 4.69) is 11.7 Å². The molecule has 0 fully saturated rings. The van der Waals surface area contributed by atoms with Crippen LogP contribution in [-0.2, 0) is 6.54 Å². The number of hydrogen-bond donors (Lipinski definition) is 2. The van der Waals surface area contributed by atoms with Gasteiger partial charge in [-0.2, -0.15) is 5.10 Å². The predicted octanol–water partition coefficient (Wildman–Crippen LogP) is 1.30. The monoisotopic (exact) mass is 207 g/mol. The number of aromatic nitrogens is 2. The molecule has 1 aromatic heterocycles. The molecule has 1 rings (SSSR count). The maximum Gasteiger partial charge on any atom is 0.358 e. The third kappa shape index (κ3) is 2.98. The second-order valence-corrected chi connectivity index (χ2v) is 2.95. The summed E-state index contributed by atoms with van der Waals surface area (Å²) in [7, 11) is 0. The fourth-order valence-electron chi connectivity index (χ4n) is 1.12. The van der Waals surface area contributed by atoms with Crippen LogP contribution in [0, 0.1) is 0 Å². The summed E-state index contributed by atoms with van der Waals surface area (Å²) in [5.41, 5.74) is 5.57. The molecule has 0 bridgehead atoms. The summed E-state index contributed by atoms with van der Waals surface area (Å²) >= 11 is 0. The Hall–Kier alpha value is -2.04. The van der Waals surface area contributed by atoms with Crippen LogP contribution in [-0.4, -0.2) is 20.9 Å². The average Bonchev–Trinajstić information content (AvgIpc) is 2.55. The van der Waals surface area contributed by atoms with Crippen molar-refractivity contribution < 1.29 is 9.90 Å².